The van der Waals surface area contributed by atoms with E-state index in [1.165, 1.54) is 44.9 Å². The summed E-state index contributed by atoms with van der Waals surface area (Å²) in [6.45, 7) is 1.76. The summed E-state index contributed by atoms with van der Waals surface area (Å²) in [5, 5.41) is 1.14. The number of rotatable bonds is 8. The van der Waals surface area contributed by atoms with E-state index >= 15 is 0 Å². The zero-order valence-electron chi connectivity index (χ0n) is 9.55. The maximum Gasteiger partial charge on any atom is 0.157 e. The Morgan fingerprint density at radius 3 is 2.60 bits per heavy atom. The SMILES string of the molecule is BrCCCCCCCOC1CCCCO1. The molecule has 0 aromatic rings. The van der Waals surface area contributed by atoms with Gasteiger partial charge in [-0.25, -0.2) is 0 Å². The molecule has 1 atom stereocenters. The molecule has 2 nitrogen and oxygen atoms in total. The Labute approximate surface area is 102 Å². The van der Waals surface area contributed by atoms with Gasteiger partial charge in [-0.15, -0.1) is 0 Å². The normalized spacial score (nSPS) is 21.8. The molecule has 1 rings (SSSR count). The van der Waals surface area contributed by atoms with Gasteiger partial charge in [0, 0.05) is 18.5 Å². The van der Waals surface area contributed by atoms with Crippen LogP contribution in [0.2, 0.25) is 0 Å². The Bertz CT molecular complexity index is 136. The number of hydrogen-bond acceptors (Lipinski definition) is 2. The lowest BCUT2D eigenvalue weighted by Gasteiger charge is -2.22. The van der Waals surface area contributed by atoms with E-state index in [1.807, 2.05) is 0 Å². The van der Waals surface area contributed by atoms with Crippen LogP contribution >= 0.6 is 15.9 Å². The Morgan fingerprint density at radius 2 is 1.87 bits per heavy atom. The minimum absolute atomic E-state index is 0.0984. The summed E-state index contributed by atoms with van der Waals surface area (Å²) in [5.41, 5.74) is 0. The van der Waals surface area contributed by atoms with Crippen LogP contribution in [0.3, 0.4) is 0 Å². The molecule has 0 radical (unpaired) electrons. The highest BCUT2D eigenvalue weighted by atomic mass is 79.9. The third kappa shape index (κ3) is 7.31. The molecule has 0 amide bonds. The lowest BCUT2D eigenvalue weighted by molar-refractivity contribution is -0.162. The first-order valence-corrected chi connectivity index (χ1v) is 7.35. The second-order valence-corrected chi connectivity index (χ2v) is 4.92. The van der Waals surface area contributed by atoms with E-state index in [1.54, 1.807) is 0 Å². The fourth-order valence-electron chi connectivity index (χ4n) is 1.78. The summed E-state index contributed by atoms with van der Waals surface area (Å²) in [4.78, 5) is 0. The van der Waals surface area contributed by atoms with Gasteiger partial charge in [-0.1, -0.05) is 35.2 Å². The number of halogens is 1. The summed E-state index contributed by atoms with van der Waals surface area (Å²) in [5.74, 6) is 0. The fourth-order valence-corrected chi connectivity index (χ4v) is 2.18. The molecule has 0 aromatic heterocycles. The van der Waals surface area contributed by atoms with Crippen molar-refractivity contribution < 1.29 is 9.47 Å². The number of alkyl halides is 1. The first-order valence-electron chi connectivity index (χ1n) is 6.22. The van der Waals surface area contributed by atoms with Gasteiger partial charge in [-0.3, -0.25) is 0 Å². The zero-order valence-corrected chi connectivity index (χ0v) is 11.1. The molecule has 0 bridgehead atoms. The molecular formula is C12H23BrO2. The van der Waals surface area contributed by atoms with Crippen molar-refractivity contribution in [1.29, 1.82) is 0 Å². The van der Waals surface area contributed by atoms with Crippen LogP contribution in [-0.4, -0.2) is 24.8 Å². The van der Waals surface area contributed by atoms with Crippen LogP contribution in [0, 0.1) is 0 Å². The molecule has 0 spiro atoms. The van der Waals surface area contributed by atoms with Crippen molar-refractivity contribution in [3.05, 3.63) is 0 Å². The summed E-state index contributed by atoms with van der Waals surface area (Å²) in [6.07, 6.45) is 10.1. The molecule has 90 valence electrons. The van der Waals surface area contributed by atoms with E-state index < -0.39 is 0 Å². The molecule has 0 saturated carbocycles. The summed E-state index contributed by atoms with van der Waals surface area (Å²) in [7, 11) is 0. The van der Waals surface area contributed by atoms with Gasteiger partial charge in [0.25, 0.3) is 0 Å². The molecule has 1 saturated heterocycles. The first-order chi connectivity index (χ1) is 7.43. The molecule has 1 unspecified atom stereocenters. The number of unbranched alkanes of at least 4 members (excludes halogenated alkanes) is 4. The van der Waals surface area contributed by atoms with Crippen molar-refractivity contribution >= 4 is 15.9 Å². The molecule has 3 heteroatoms. The van der Waals surface area contributed by atoms with E-state index in [2.05, 4.69) is 15.9 Å². The monoisotopic (exact) mass is 278 g/mol. The summed E-state index contributed by atoms with van der Waals surface area (Å²) >= 11 is 3.44. The predicted molar refractivity (Wildman–Crippen MR) is 66.4 cm³/mol. The highest BCUT2D eigenvalue weighted by Gasteiger charge is 2.12. The predicted octanol–water partition coefficient (Wildman–Crippen LogP) is 3.88. The van der Waals surface area contributed by atoms with Crippen molar-refractivity contribution in [3.63, 3.8) is 0 Å². The fraction of sp³-hybridized carbons (Fsp3) is 1.00. The van der Waals surface area contributed by atoms with Crippen LogP contribution in [-0.2, 0) is 9.47 Å². The van der Waals surface area contributed by atoms with Gasteiger partial charge < -0.3 is 9.47 Å². The average molecular weight is 279 g/mol. The highest BCUT2D eigenvalue weighted by Crippen LogP contribution is 2.14. The van der Waals surface area contributed by atoms with Crippen LogP contribution in [0.25, 0.3) is 0 Å². The lowest BCUT2D eigenvalue weighted by Crippen LogP contribution is -2.22. The molecule has 1 aliphatic rings. The van der Waals surface area contributed by atoms with E-state index in [9.17, 15) is 0 Å². The van der Waals surface area contributed by atoms with Crippen molar-refractivity contribution in [2.24, 2.45) is 0 Å². The van der Waals surface area contributed by atoms with Crippen LogP contribution in [0.4, 0.5) is 0 Å². The van der Waals surface area contributed by atoms with Crippen molar-refractivity contribution in [2.45, 2.75) is 57.7 Å². The Morgan fingerprint density at radius 1 is 1.07 bits per heavy atom. The van der Waals surface area contributed by atoms with Gasteiger partial charge in [0.05, 0.1) is 0 Å². The number of ether oxygens (including phenoxy) is 2. The minimum atomic E-state index is 0.0984. The third-order valence-electron chi connectivity index (χ3n) is 2.72. The molecule has 1 heterocycles. The van der Waals surface area contributed by atoms with Crippen LogP contribution in [0.5, 0.6) is 0 Å². The molecule has 15 heavy (non-hydrogen) atoms. The van der Waals surface area contributed by atoms with Gasteiger partial charge in [0.2, 0.25) is 0 Å². The smallest absolute Gasteiger partial charge is 0.157 e. The van der Waals surface area contributed by atoms with Crippen molar-refractivity contribution in [2.75, 3.05) is 18.5 Å². The van der Waals surface area contributed by atoms with Gasteiger partial charge in [0.15, 0.2) is 6.29 Å². The van der Waals surface area contributed by atoms with Crippen molar-refractivity contribution in [3.8, 4) is 0 Å². The average Bonchev–Trinajstić information content (AvgIpc) is 2.29. The summed E-state index contributed by atoms with van der Waals surface area (Å²) < 4.78 is 11.2. The lowest BCUT2D eigenvalue weighted by atomic mass is 10.2. The third-order valence-corrected chi connectivity index (χ3v) is 3.28. The van der Waals surface area contributed by atoms with Gasteiger partial charge in [0.1, 0.15) is 0 Å². The van der Waals surface area contributed by atoms with E-state index in [0.29, 0.717) is 0 Å². The molecule has 1 aliphatic heterocycles. The maximum absolute atomic E-state index is 5.66. The second kappa shape index (κ2) is 9.61. The van der Waals surface area contributed by atoms with E-state index in [-0.39, 0.29) is 6.29 Å². The topological polar surface area (TPSA) is 18.5 Å². The first kappa shape index (κ1) is 13.5. The van der Waals surface area contributed by atoms with E-state index in [0.717, 1.165) is 25.0 Å². The quantitative estimate of drug-likeness (QED) is 0.496. The maximum atomic E-state index is 5.66. The molecule has 0 N–H and O–H groups in total. The van der Waals surface area contributed by atoms with Gasteiger partial charge in [-0.05, 0) is 32.1 Å². The highest BCUT2D eigenvalue weighted by molar-refractivity contribution is 9.09. The largest absolute Gasteiger partial charge is 0.353 e. The van der Waals surface area contributed by atoms with Crippen LogP contribution < -0.4 is 0 Å². The Kier molecular flexibility index (Phi) is 8.63. The van der Waals surface area contributed by atoms with Crippen molar-refractivity contribution in [1.82, 2.24) is 0 Å². The van der Waals surface area contributed by atoms with Gasteiger partial charge in [-0.2, -0.15) is 0 Å². The standard InChI is InChI=1S/C12H23BrO2/c13-9-5-2-1-3-6-10-14-12-8-4-7-11-15-12/h12H,1-11H2. The second-order valence-electron chi connectivity index (χ2n) is 4.12. The molecular weight excluding hydrogens is 256 g/mol. The van der Waals surface area contributed by atoms with Gasteiger partial charge >= 0.3 is 0 Å². The van der Waals surface area contributed by atoms with Crippen LogP contribution in [0.15, 0.2) is 0 Å². The van der Waals surface area contributed by atoms with Crippen LogP contribution in [0.1, 0.15) is 51.4 Å². The Hall–Kier alpha value is 0.400. The molecule has 0 aliphatic carbocycles. The zero-order chi connectivity index (χ0) is 10.8. The number of hydrogen-bond donors (Lipinski definition) is 0. The Balaban J connectivity index is 1.79. The molecule has 1 fully saturated rings. The molecule has 0 aromatic carbocycles. The minimum Gasteiger partial charge on any atom is -0.353 e. The van der Waals surface area contributed by atoms with E-state index in [4.69, 9.17) is 9.47 Å². The summed E-state index contributed by atoms with van der Waals surface area (Å²) in [6, 6.07) is 0.